The van der Waals surface area contributed by atoms with E-state index in [4.69, 9.17) is 10.00 Å². The third kappa shape index (κ3) is 5.23. The van der Waals surface area contributed by atoms with Gasteiger partial charge in [-0.15, -0.1) is 0 Å². The van der Waals surface area contributed by atoms with Gasteiger partial charge < -0.3 is 10.1 Å². The zero-order chi connectivity index (χ0) is 21.5. The summed E-state index contributed by atoms with van der Waals surface area (Å²) < 4.78 is 20.4. The van der Waals surface area contributed by atoms with Gasteiger partial charge in [0.2, 0.25) is 5.91 Å². The van der Waals surface area contributed by atoms with Crippen molar-refractivity contribution in [3.8, 4) is 22.9 Å². The highest BCUT2D eigenvalue weighted by Gasteiger charge is 2.12. The molecule has 3 rings (SSSR count). The minimum atomic E-state index is -0.370. The number of halogens is 1. The van der Waals surface area contributed by atoms with Gasteiger partial charge in [0.05, 0.1) is 24.9 Å². The largest absolute Gasteiger partial charge is 0.496 e. The van der Waals surface area contributed by atoms with Crippen LogP contribution in [-0.4, -0.2) is 22.8 Å². The van der Waals surface area contributed by atoms with Crippen molar-refractivity contribution in [2.75, 3.05) is 7.11 Å². The molecule has 2 aromatic carbocycles. The number of methoxy groups -OCH3 is 1. The number of amides is 1. The maximum atomic E-state index is 13.4. The average molecular weight is 406 g/mol. The Kier molecular flexibility index (Phi) is 6.81. The Balaban J connectivity index is 1.52. The zero-order valence-corrected chi connectivity index (χ0v) is 16.9. The molecule has 0 spiro atoms. The van der Waals surface area contributed by atoms with Gasteiger partial charge in [0.25, 0.3) is 0 Å². The third-order valence-corrected chi connectivity index (χ3v) is 4.91. The molecule has 3 aromatic rings. The number of nitrogens with zero attached hydrogens (tertiary/aromatic N) is 3. The lowest BCUT2D eigenvalue weighted by molar-refractivity contribution is -0.121. The van der Waals surface area contributed by atoms with Gasteiger partial charge in [-0.05, 0) is 49.2 Å². The Hall–Kier alpha value is -3.66. The molecule has 1 N–H and O–H groups in total. The topological polar surface area (TPSA) is 79.9 Å². The van der Waals surface area contributed by atoms with E-state index in [1.165, 1.54) is 19.2 Å². The molecule has 1 aromatic heterocycles. The molecule has 7 heteroatoms. The van der Waals surface area contributed by atoms with Crippen LogP contribution in [0.2, 0.25) is 0 Å². The molecule has 0 saturated heterocycles. The molecule has 1 atom stereocenters. The Labute approximate surface area is 174 Å². The van der Waals surface area contributed by atoms with Crippen LogP contribution in [0, 0.1) is 17.1 Å². The van der Waals surface area contributed by atoms with Crippen LogP contribution in [0.4, 0.5) is 4.39 Å². The molecule has 0 aliphatic rings. The number of carbonyl (C=O) groups excluding carboxylic acids is 1. The second-order valence-corrected chi connectivity index (χ2v) is 7.02. The molecule has 0 aliphatic heterocycles. The molecular formula is C23H23FN4O2. The molecule has 0 saturated carbocycles. The number of rotatable bonds is 8. The molecule has 0 radical (unpaired) electrons. The second kappa shape index (κ2) is 9.70. The summed E-state index contributed by atoms with van der Waals surface area (Å²) in [6.45, 7) is 2.21. The normalized spacial score (nSPS) is 11.5. The van der Waals surface area contributed by atoms with Gasteiger partial charge in [0, 0.05) is 36.3 Å². The molecule has 154 valence electrons. The van der Waals surface area contributed by atoms with Gasteiger partial charge in [0.1, 0.15) is 11.6 Å². The maximum absolute atomic E-state index is 13.4. The van der Waals surface area contributed by atoms with Crippen molar-refractivity contribution in [1.82, 2.24) is 15.1 Å². The third-order valence-electron chi connectivity index (χ3n) is 4.91. The quantitative estimate of drug-likeness (QED) is 0.607. The minimum absolute atomic E-state index is 0.0339. The summed E-state index contributed by atoms with van der Waals surface area (Å²) in [4.78, 5) is 12.2. The highest BCUT2D eigenvalue weighted by molar-refractivity contribution is 5.76. The van der Waals surface area contributed by atoms with Crippen LogP contribution < -0.4 is 10.1 Å². The van der Waals surface area contributed by atoms with Crippen molar-refractivity contribution in [3.63, 3.8) is 0 Å². The van der Waals surface area contributed by atoms with Crippen LogP contribution in [-0.2, 0) is 11.3 Å². The lowest BCUT2D eigenvalue weighted by Gasteiger charge is -2.13. The van der Waals surface area contributed by atoms with Gasteiger partial charge in [-0.1, -0.05) is 12.1 Å². The van der Waals surface area contributed by atoms with Crippen molar-refractivity contribution >= 4 is 5.91 Å². The SMILES string of the molecule is COc1ccc(F)cc1CNC(=O)CCC(C)n1cc(-c2ccc(C#N)cc2)cn1. The molecule has 0 fully saturated rings. The van der Waals surface area contributed by atoms with Crippen molar-refractivity contribution in [2.45, 2.75) is 32.4 Å². The van der Waals surface area contributed by atoms with Crippen LogP contribution in [0.3, 0.4) is 0 Å². The molecule has 30 heavy (non-hydrogen) atoms. The van der Waals surface area contributed by atoms with E-state index in [0.717, 1.165) is 11.1 Å². The average Bonchev–Trinajstić information content (AvgIpc) is 3.26. The predicted molar refractivity (Wildman–Crippen MR) is 111 cm³/mol. The fourth-order valence-electron chi connectivity index (χ4n) is 3.11. The second-order valence-electron chi connectivity index (χ2n) is 7.02. The summed E-state index contributed by atoms with van der Waals surface area (Å²) in [7, 11) is 1.51. The van der Waals surface area contributed by atoms with E-state index in [-0.39, 0.29) is 24.3 Å². The minimum Gasteiger partial charge on any atom is -0.496 e. The molecule has 0 aliphatic carbocycles. The number of carbonyl (C=O) groups is 1. The standard InChI is InChI=1S/C23H23FN4O2/c1-16(28-15-20(14-27-28)18-6-4-17(12-25)5-7-18)3-10-23(29)26-13-19-11-21(24)8-9-22(19)30-2/h4-9,11,14-16H,3,10,13H2,1-2H3,(H,26,29). The number of aromatic nitrogens is 2. The summed E-state index contributed by atoms with van der Waals surface area (Å²) in [5, 5.41) is 16.1. The number of nitriles is 1. The molecular weight excluding hydrogens is 383 g/mol. The van der Waals surface area contributed by atoms with Crippen LogP contribution in [0.15, 0.2) is 54.9 Å². The first-order valence-corrected chi connectivity index (χ1v) is 9.64. The van der Waals surface area contributed by atoms with Crippen LogP contribution in [0.1, 0.15) is 36.9 Å². The van der Waals surface area contributed by atoms with E-state index < -0.39 is 0 Å². The van der Waals surface area contributed by atoms with E-state index in [2.05, 4.69) is 16.5 Å². The van der Waals surface area contributed by atoms with Crippen molar-refractivity contribution in [3.05, 3.63) is 71.8 Å². The highest BCUT2D eigenvalue weighted by atomic mass is 19.1. The predicted octanol–water partition coefficient (Wildman–Crippen LogP) is 4.23. The van der Waals surface area contributed by atoms with Gasteiger partial charge in [-0.2, -0.15) is 10.4 Å². The molecule has 1 heterocycles. The van der Waals surface area contributed by atoms with Crippen molar-refractivity contribution in [1.29, 1.82) is 5.26 Å². The smallest absolute Gasteiger partial charge is 0.220 e. The molecule has 1 unspecified atom stereocenters. The Morgan fingerprint density at radius 3 is 2.73 bits per heavy atom. The molecule has 0 bridgehead atoms. The number of nitrogens with one attached hydrogen (secondary N) is 1. The fraction of sp³-hybridized carbons (Fsp3) is 0.261. The number of benzene rings is 2. The summed E-state index contributed by atoms with van der Waals surface area (Å²) in [5.74, 6) is 0.0509. The van der Waals surface area contributed by atoms with E-state index in [0.29, 0.717) is 29.7 Å². The highest BCUT2D eigenvalue weighted by Crippen LogP contribution is 2.22. The Bertz CT molecular complexity index is 1050. The number of hydrogen-bond donors (Lipinski definition) is 1. The Morgan fingerprint density at radius 1 is 1.27 bits per heavy atom. The number of ether oxygens (including phenoxy) is 1. The molecule has 6 nitrogen and oxygen atoms in total. The van der Waals surface area contributed by atoms with Gasteiger partial charge in [0.15, 0.2) is 0 Å². The lowest BCUT2D eigenvalue weighted by atomic mass is 10.1. The van der Waals surface area contributed by atoms with Crippen LogP contribution >= 0.6 is 0 Å². The number of hydrogen-bond acceptors (Lipinski definition) is 4. The van der Waals surface area contributed by atoms with Gasteiger partial charge in [-0.3, -0.25) is 9.48 Å². The summed E-state index contributed by atoms with van der Waals surface area (Å²) in [6, 6.07) is 13.7. The first kappa shape index (κ1) is 21.1. The summed E-state index contributed by atoms with van der Waals surface area (Å²) in [6.07, 6.45) is 4.64. The van der Waals surface area contributed by atoms with Crippen molar-refractivity contribution in [2.24, 2.45) is 0 Å². The summed E-state index contributed by atoms with van der Waals surface area (Å²) in [5.41, 5.74) is 3.14. The molecule has 1 amide bonds. The van der Waals surface area contributed by atoms with Crippen molar-refractivity contribution < 1.29 is 13.9 Å². The van der Waals surface area contributed by atoms with Crippen LogP contribution in [0.5, 0.6) is 5.75 Å². The fourth-order valence-corrected chi connectivity index (χ4v) is 3.11. The Morgan fingerprint density at radius 2 is 2.03 bits per heavy atom. The first-order valence-electron chi connectivity index (χ1n) is 9.64. The van der Waals surface area contributed by atoms with E-state index in [9.17, 15) is 9.18 Å². The van der Waals surface area contributed by atoms with Gasteiger partial charge in [-0.25, -0.2) is 4.39 Å². The van der Waals surface area contributed by atoms with E-state index >= 15 is 0 Å². The zero-order valence-electron chi connectivity index (χ0n) is 16.9. The summed E-state index contributed by atoms with van der Waals surface area (Å²) >= 11 is 0. The van der Waals surface area contributed by atoms with E-state index in [1.807, 2.05) is 29.9 Å². The monoisotopic (exact) mass is 406 g/mol. The first-order chi connectivity index (χ1) is 14.5. The maximum Gasteiger partial charge on any atom is 0.220 e. The van der Waals surface area contributed by atoms with Crippen LogP contribution in [0.25, 0.3) is 11.1 Å². The lowest BCUT2D eigenvalue weighted by Crippen LogP contribution is -2.23. The van der Waals surface area contributed by atoms with E-state index in [1.54, 1.807) is 24.4 Å². The van der Waals surface area contributed by atoms with Gasteiger partial charge >= 0.3 is 0 Å².